The lowest BCUT2D eigenvalue weighted by Crippen LogP contribution is -2.28. The van der Waals surface area contributed by atoms with E-state index in [4.69, 9.17) is 9.47 Å². The third kappa shape index (κ3) is 3.50. The molecule has 1 aromatic carbocycles. The molecule has 1 saturated heterocycles. The van der Waals surface area contributed by atoms with Crippen LogP contribution in [0.1, 0.15) is 19.8 Å². The van der Waals surface area contributed by atoms with Crippen molar-refractivity contribution in [1.82, 2.24) is 4.31 Å². The predicted octanol–water partition coefficient (Wildman–Crippen LogP) is 2.05. The number of nitrogens with one attached hydrogen (secondary N) is 1. The molecule has 2 rings (SSSR count). The fourth-order valence-corrected chi connectivity index (χ4v) is 3.84. The molecule has 0 spiro atoms. The number of benzene rings is 1. The summed E-state index contributed by atoms with van der Waals surface area (Å²) in [5.74, 6) is 0.369. The molecule has 0 bridgehead atoms. The van der Waals surface area contributed by atoms with Gasteiger partial charge in [-0.1, -0.05) is 0 Å². The summed E-state index contributed by atoms with van der Waals surface area (Å²) in [5.41, 5.74) is 0.265. The summed E-state index contributed by atoms with van der Waals surface area (Å²) in [6.07, 6.45) is 1.07. The molecule has 0 unspecified atom stereocenters. The number of amides is 1. The first kappa shape index (κ1) is 16.6. The predicted molar refractivity (Wildman–Crippen MR) is 81.6 cm³/mol. The highest BCUT2D eigenvalue weighted by atomic mass is 32.2. The molecule has 1 heterocycles. The second kappa shape index (κ2) is 6.97. The molecule has 0 aromatic heterocycles. The minimum Gasteiger partial charge on any atom is -0.495 e. The average molecular weight is 328 g/mol. The highest BCUT2D eigenvalue weighted by molar-refractivity contribution is 7.89. The fourth-order valence-electron chi connectivity index (χ4n) is 2.30. The largest absolute Gasteiger partial charge is 0.495 e. The highest BCUT2D eigenvalue weighted by Crippen LogP contribution is 2.30. The van der Waals surface area contributed by atoms with Crippen LogP contribution in [0.3, 0.4) is 0 Å². The van der Waals surface area contributed by atoms with Crippen LogP contribution in [0.2, 0.25) is 0 Å². The molecule has 7 nitrogen and oxygen atoms in total. The van der Waals surface area contributed by atoms with E-state index < -0.39 is 16.1 Å². The Morgan fingerprint density at radius 2 is 2.00 bits per heavy atom. The lowest BCUT2D eigenvalue weighted by molar-refractivity contribution is 0.168. The first-order chi connectivity index (χ1) is 10.5. The quantitative estimate of drug-likeness (QED) is 0.894. The number of hydrogen-bond donors (Lipinski definition) is 1. The van der Waals surface area contributed by atoms with Gasteiger partial charge in [-0.3, -0.25) is 5.32 Å². The van der Waals surface area contributed by atoms with Crippen molar-refractivity contribution in [3.63, 3.8) is 0 Å². The van der Waals surface area contributed by atoms with Gasteiger partial charge in [-0.05, 0) is 38.0 Å². The molecule has 22 heavy (non-hydrogen) atoms. The molecule has 8 heteroatoms. The van der Waals surface area contributed by atoms with Gasteiger partial charge in [0.1, 0.15) is 5.75 Å². The van der Waals surface area contributed by atoms with Crippen LogP contribution >= 0.6 is 0 Å². The Morgan fingerprint density at radius 1 is 1.32 bits per heavy atom. The van der Waals surface area contributed by atoms with Crippen molar-refractivity contribution in [3.05, 3.63) is 18.2 Å². The van der Waals surface area contributed by atoms with Crippen LogP contribution < -0.4 is 10.1 Å². The summed E-state index contributed by atoms with van der Waals surface area (Å²) >= 11 is 0. The minimum absolute atomic E-state index is 0.127. The molecule has 1 aromatic rings. The van der Waals surface area contributed by atoms with E-state index in [9.17, 15) is 13.2 Å². The SMILES string of the molecule is CCOC(=O)Nc1cc(S(=O)(=O)N2CCCC2)ccc1OC. The number of rotatable bonds is 5. The summed E-state index contributed by atoms with van der Waals surface area (Å²) in [5, 5.41) is 2.50. The average Bonchev–Trinajstić information content (AvgIpc) is 3.02. The van der Waals surface area contributed by atoms with Crippen molar-refractivity contribution in [1.29, 1.82) is 0 Å². The number of carbonyl (C=O) groups is 1. The molecule has 1 N–H and O–H groups in total. The van der Waals surface area contributed by atoms with Crippen molar-refractivity contribution in [2.75, 3.05) is 32.1 Å². The Labute approximate surface area is 130 Å². The molecular formula is C14H20N2O5S. The number of carbonyl (C=O) groups excluding carboxylic acids is 1. The van der Waals surface area contributed by atoms with E-state index in [0.717, 1.165) is 12.8 Å². The molecule has 0 saturated carbocycles. The molecule has 1 aliphatic heterocycles. The summed E-state index contributed by atoms with van der Waals surface area (Å²) in [7, 11) is -2.10. The Hall–Kier alpha value is -1.80. The minimum atomic E-state index is -3.55. The van der Waals surface area contributed by atoms with Crippen molar-refractivity contribution in [2.24, 2.45) is 0 Å². The smallest absolute Gasteiger partial charge is 0.411 e. The first-order valence-electron chi connectivity index (χ1n) is 7.11. The normalized spacial score (nSPS) is 15.5. The van der Waals surface area contributed by atoms with E-state index in [1.54, 1.807) is 6.92 Å². The summed E-state index contributed by atoms with van der Waals surface area (Å²) in [4.78, 5) is 11.7. The Balaban J connectivity index is 2.31. The number of methoxy groups -OCH3 is 1. The molecular weight excluding hydrogens is 308 g/mol. The topological polar surface area (TPSA) is 84.9 Å². The molecule has 122 valence electrons. The van der Waals surface area contributed by atoms with E-state index in [0.29, 0.717) is 18.8 Å². The lowest BCUT2D eigenvalue weighted by Gasteiger charge is -2.17. The lowest BCUT2D eigenvalue weighted by atomic mass is 10.3. The molecule has 0 aliphatic carbocycles. The fraction of sp³-hybridized carbons (Fsp3) is 0.500. The number of anilines is 1. The van der Waals surface area contributed by atoms with Gasteiger partial charge in [0, 0.05) is 13.1 Å². The maximum Gasteiger partial charge on any atom is 0.411 e. The molecule has 1 aliphatic rings. The third-order valence-corrected chi connectivity index (χ3v) is 5.28. The third-order valence-electron chi connectivity index (χ3n) is 3.39. The van der Waals surface area contributed by atoms with Crippen LogP contribution in [0.15, 0.2) is 23.1 Å². The van der Waals surface area contributed by atoms with Crippen molar-refractivity contribution < 1.29 is 22.7 Å². The van der Waals surface area contributed by atoms with Gasteiger partial charge in [0.2, 0.25) is 10.0 Å². The Kier molecular flexibility index (Phi) is 5.25. The molecule has 0 atom stereocenters. The summed E-state index contributed by atoms with van der Waals surface area (Å²) < 4.78 is 36.5. The van der Waals surface area contributed by atoms with Crippen LogP contribution in [-0.4, -0.2) is 45.6 Å². The second-order valence-electron chi connectivity index (χ2n) is 4.82. The molecule has 1 fully saturated rings. The van der Waals surface area contributed by atoms with Gasteiger partial charge in [0.05, 0.1) is 24.3 Å². The summed E-state index contributed by atoms with van der Waals surface area (Å²) in [6, 6.07) is 4.39. The van der Waals surface area contributed by atoms with Gasteiger partial charge in [0.15, 0.2) is 0 Å². The van der Waals surface area contributed by atoms with Crippen LogP contribution in [0, 0.1) is 0 Å². The molecule has 1 amide bonds. The van der Waals surface area contributed by atoms with Crippen LogP contribution in [0.25, 0.3) is 0 Å². The van der Waals surface area contributed by atoms with Gasteiger partial charge in [0.25, 0.3) is 0 Å². The second-order valence-corrected chi connectivity index (χ2v) is 6.76. The van der Waals surface area contributed by atoms with Gasteiger partial charge in [-0.25, -0.2) is 13.2 Å². The van der Waals surface area contributed by atoms with E-state index in [1.165, 1.54) is 29.6 Å². The zero-order valence-electron chi connectivity index (χ0n) is 12.7. The van der Waals surface area contributed by atoms with E-state index >= 15 is 0 Å². The van der Waals surface area contributed by atoms with Gasteiger partial charge in [-0.2, -0.15) is 4.31 Å². The Bertz CT molecular complexity index is 639. The summed E-state index contributed by atoms with van der Waals surface area (Å²) in [6.45, 7) is 2.95. The van der Waals surface area contributed by atoms with Crippen molar-refractivity contribution in [3.8, 4) is 5.75 Å². The number of hydrogen-bond acceptors (Lipinski definition) is 5. The zero-order valence-corrected chi connectivity index (χ0v) is 13.5. The van der Waals surface area contributed by atoms with Crippen LogP contribution in [0.5, 0.6) is 5.75 Å². The number of ether oxygens (including phenoxy) is 2. The van der Waals surface area contributed by atoms with Gasteiger partial charge < -0.3 is 9.47 Å². The van der Waals surface area contributed by atoms with E-state index in [1.807, 2.05) is 0 Å². The van der Waals surface area contributed by atoms with Crippen molar-refractivity contribution in [2.45, 2.75) is 24.7 Å². The monoisotopic (exact) mass is 328 g/mol. The van der Waals surface area contributed by atoms with Gasteiger partial charge >= 0.3 is 6.09 Å². The van der Waals surface area contributed by atoms with Crippen LogP contribution in [0.4, 0.5) is 10.5 Å². The molecule has 0 radical (unpaired) electrons. The maximum atomic E-state index is 12.5. The number of nitrogens with zero attached hydrogens (tertiary/aromatic N) is 1. The standard InChI is InChI=1S/C14H20N2O5S/c1-3-21-14(17)15-12-10-11(6-7-13(12)20-2)22(18,19)16-8-4-5-9-16/h6-7,10H,3-5,8-9H2,1-2H3,(H,15,17). The van der Waals surface area contributed by atoms with E-state index in [2.05, 4.69) is 5.32 Å². The zero-order chi connectivity index (χ0) is 16.2. The highest BCUT2D eigenvalue weighted by Gasteiger charge is 2.28. The number of sulfonamides is 1. The van der Waals surface area contributed by atoms with Crippen LogP contribution in [-0.2, 0) is 14.8 Å². The van der Waals surface area contributed by atoms with E-state index in [-0.39, 0.29) is 17.2 Å². The van der Waals surface area contributed by atoms with Gasteiger partial charge in [-0.15, -0.1) is 0 Å². The van der Waals surface area contributed by atoms with Crippen molar-refractivity contribution >= 4 is 21.8 Å². The Morgan fingerprint density at radius 3 is 2.59 bits per heavy atom. The maximum absolute atomic E-state index is 12.5. The first-order valence-corrected chi connectivity index (χ1v) is 8.55.